The van der Waals surface area contributed by atoms with Crippen molar-refractivity contribution < 1.29 is 4.79 Å². The molecule has 1 heterocycles. The Labute approximate surface area is 128 Å². The van der Waals surface area contributed by atoms with Gasteiger partial charge in [-0.2, -0.15) is 0 Å². The number of halogens is 1. The van der Waals surface area contributed by atoms with Crippen LogP contribution < -0.4 is 0 Å². The van der Waals surface area contributed by atoms with E-state index in [0.29, 0.717) is 6.54 Å². The molecule has 0 saturated heterocycles. The molecular formula is C16H16ClNOS. The minimum absolute atomic E-state index is 0.143. The molecule has 1 aromatic carbocycles. The zero-order valence-corrected chi connectivity index (χ0v) is 12.7. The quantitative estimate of drug-likeness (QED) is 0.748. The van der Waals surface area contributed by atoms with Crippen molar-refractivity contribution in [3.8, 4) is 0 Å². The highest BCUT2D eigenvalue weighted by Gasteiger charge is 2.43. The Kier molecular flexibility index (Phi) is 3.81. The first-order valence-electron chi connectivity index (χ1n) is 6.75. The molecule has 2 nitrogen and oxygen atoms in total. The molecule has 1 aromatic heterocycles. The van der Waals surface area contributed by atoms with Crippen LogP contribution >= 0.6 is 22.9 Å². The van der Waals surface area contributed by atoms with E-state index in [0.717, 1.165) is 30.7 Å². The molecule has 0 aliphatic heterocycles. The summed E-state index contributed by atoms with van der Waals surface area (Å²) in [5, 5.41) is 2.78. The maximum atomic E-state index is 11.6. The molecule has 4 heteroatoms. The zero-order valence-electron chi connectivity index (χ0n) is 11.1. The molecule has 104 valence electrons. The first-order valence-corrected chi connectivity index (χ1v) is 8.01. The average molecular weight is 306 g/mol. The Hall–Kier alpha value is -1.32. The predicted octanol–water partition coefficient (Wildman–Crippen LogP) is 4.44. The molecule has 0 bridgehead atoms. The van der Waals surface area contributed by atoms with Gasteiger partial charge in [0.1, 0.15) is 0 Å². The number of hydrogen-bond acceptors (Lipinski definition) is 2. The summed E-state index contributed by atoms with van der Waals surface area (Å²) in [5.74, 6) is 0. The van der Waals surface area contributed by atoms with Crippen LogP contribution in [0.5, 0.6) is 0 Å². The van der Waals surface area contributed by atoms with Gasteiger partial charge in [0.25, 0.3) is 0 Å². The van der Waals surface area contributed by atoms with Crippen molar-refractivity contribution in [3.63, 3.8) is 0 Å². The Morgan fingerprint density at radius 2 is 2.00 bits per heavy atom. The molecule has 1 saturated carbocycles. The van der Waals surface area contributed by atoms with Crippen LogP contribution in [0, 0.1) is 0 Å². The van der Waals surface area contributed by atoms with Crippen LogP contribution in [0.25, 0.3) is 0 Å². The SMILES string of the molecule is O=CN(Cc1cccs1)C1(c2ccc(Cl)cc2)CCC1. The summed E-state index contributed by atoms with van der Waals surface area (Å²) in [5.41, 5.74) is 1.05. The minimum Gasteiger partial charge on any atom is -0.330 e. The van der Waals surface area contributed by atoms with E-state index in [2.05, 4.69) is 6.07 Å². The second kappa shape index (κ2) is 5.58. The zero-order chi connectivity index (χ0) is 14.0. The molecule has 20 heavy (non-hydrogen) atoms. The first-order chi connectivity index (χ1) is 9.74. The van der Waals surface area contributed by atoms with Gasteiger partial charge in [0.2, 0.25) is 6.41 Å². The van der Waals surface area contributed by atoms with Crippen LogP contribution in [0.4, 0.5) is 0 Å². The molecule has 1 fully saturated rings. The highest BCUT2D eigenvalue weighted by atomic mass is 35.5. The number of carbonyl (C=O) groups is 1. The largest absolute Gasteiger partial charge is 0.330 e. The first kappa shape index (κ1) is 13.7. The van der Waals surface area contributed by atoms with E-state index in [9.17, 15) is 4.79 Å². The van der Waals surface area contributed by atoms with E-state index < -0.39 is 0 Å². The van der Waals surface area contributed by atoms with Crippen LogP contribution in [-0.2, 0) is 16.9 Å². The summed E-state index contributed by atoms with van der Waals surface area (Å²) in [6.07, 6.45) is 4.21. The summed E-state index contributed by atoms with van der Waals surface area (Å²) < 4.78 is 0. The lowest BCUT2D eigenvalue weighted by atomic mass is 9.70. The van der Waals surface area contributed by atoms with E-state index in [1.165, 1.54) is 10.4 Å². The molecule has 2 aromatic rings. The average Bonchev–Trinajstić information content (AvgIpc) is 2.91. The molecule has 1 amide bonds. The van der Waals surface area contributed by atoms with Crippen molar-refractivity contribution in [1.29, 1.82) is 0 Å². The maximum Gasteiger partial charge on any atom is 0.210 e. The van der Waals surface area contributed by atoms with E-state index in [1.54, 1.807) is 11.3 Å². The summed E-state index contributed by atoms with van der Waals surface area (Å²) in [4.78, 5) is 14.8. The molecule has 0 atom stereocenters. The third-order valence-corrected chi connectivity index (χ3v) is 5.26. The Morgan fingerprint density at radius 1 is 1.25 bits per heavy atom. The van der Waals surface area contributed by atoms with Gasteiger partial charge in [-0.1, -0.05) is 29.8 Å². The van der Waals surface area contributed by atoms with Gasteiger partial charge in [-0.05, 0) is 48.4 Å². The summed E-state index contributed by atoms with van der Waals surface area (Å²) in [7, 11) is 0. The molecule has 0 radical (unpaired) electrons. The summed E-state index contributed by atoms with van der Waals surface area (Å²) in [6, 6.07) is 12.0. The second-order valence-electron chi connectivity index (χ2n) is 5.20. The van der Waals surface area contributed by atoms with Gasteiger partial charge in [0.05, 0.1) is 12.1 Å². The van der Waals surface area contributed by atoms with Gasteiger partial charge in [-0.25, -0.2) is 0 Å². The molecule has 0 N–H and O–H groups in total. The van der Waals surface area contributed by atoms with Crippen molar-refractivity contribution in [2.45, 2.75) is 31.3 Å². The lowest BCUT2D eigenvalue weighted by Crippen LogP contribution is -2.49. The molecule has 0 unspecified atom stereocenters. The number of benzene rings is 1. The van der Waals surface area contributed by atoms with E-state index in [1.807, 2.05) is 40.6 Å². The van der Waals surface area contributed by atoms with Crippen LogP contribution in [0.3, 0.4) is 0 Å². The van der Waals surface area contributed by atoms with E-state index >= 15 is 0 Å². The smallest absolute Gasteiger partial charge is 0.210 e. The Bertz CT molecular complexity index is 575. The molecule has 1 aliphatic rings. The topological polar surface area (TPSA) is 20.3 Å². The molecule has 3 rings (SSSR count). The summed E-state index contributed by atoms with van der Waals surface area (Å²) >= 11 is 7.66. The van der Waals surface area contributed by atoms with E-state index in [4.69, 9.17) is 11.6 Å². The number of amides is 1. The fourth-order valence-electron chi connectivity index (χ4n) is 2.87. The monoisotopic (exact) mass is 305 g/mol. The number of rotatable bonds is 5. The van der Waals surface area contributed by atoms with Gasteiger partial charge in [0.15, 0.2) is 0 Å². The predicted molar refractivity (Wildman–Crippen MR) is 82.9 cm³/mol. The molecule has 1 aliphatic carbocycles. The van der Waals surface area contributed by atoms with Crippen molar-refractivity contribution in [2.24, 2.45) is 0 Å². The van der Waals surface area contributed by atoms with Gasteiger partial charge in [-0.3, -0.25) is 4.79 Å². The fraction of sp³-hybridized carbons (Fsp3) is 0.312. The van der Waals surface area contributed by atoms with Gasteiger partial charge in [-0.15, -0.1) is 11.3 Å². The fourth-order valence-corrected chi connectivity index (χ4v) is 3.70. The third kappa shape index (κ3) is 2.36. The number of thiophene rings is 1. The lowest BCUT2D eigenvalue weighted by molar-refractivity contribution is -0.129. The molecular weight excluding hydrogens is 290 g/mol. The van der Waals surface area contributed by atoms with Gasteiger partial charge < -0.3 is 4.90 Å². The van der Waals surface area contributed by atoms with Crippen molar-refractivity contribution in [1.82, 2.24) is 4.90 Å². The minimum atomic E-state index is -0.143. The second-order valence-corrected chi connectivity index (χ2v) is 6.67. The standard InChI is InChI=1S/C16H16ClNOS/c17-14-6-4-13(5-7-14)16(8-2-9-16)18(12-19)11-15-3-1-10-20-15/h1,3-7,10,12H,2,8-9,11H2. The normalized spacial score (nSPS) is 16.4. The highest BCUT2D eigenvalue weighted by molar-refractivity contribution is 7.09. The Balaban J connectivity index is 1.90. The van der Waals surface area contributed by atoms with Gasteiger partial charge >= 0.3 is 0 Å². The molecule has 0 spiro atoms. The van der Waals surface area contributed by atoms with E-state index in [-0.39, 0.29) is 5.54 Å². The maximum absolute atomic E-state index is 11.6. The lowest BCUT2D eigenvalue weighted by Gasteiger charge is -2.49. The Morgan fingerprint density at radius 3 is 2.50 bits per heavy atom. The van der Waals surface area contributed by atoms with Crippen LogP contribution in [-0.4, -0.2) is 11.3 Å². The van der Waals surface area contributed by atoms with Crippen LogP contribution in [0.1, 0.15) is 29.7 Å². The van der Waals surface area contributed by atoms with Crippen molar-refractivity contribution in [3.05, 3.63) is 57.2 Å². The van der Waals surface area contributed by atoms with Gasteiger partial charge in [0, 0.05) is 9.90 Å². The number of carbonyl (C=O) groups excluding carboxylic acids is 1. The van der Waals surface area contributed by atoms with Crippen molar-refractivity contribution >= 4 is 29.3 Å². The summed E-state index contributed by atoms with van der Waals surface area (Å²) in [6.45, 7) is 0.684. The van der Waals surface area contributed by atoms with Crippen molar-refractivity contribution in [2.75, 3.05) is 0 Å². The van der Waals surface area contributed by atoms with Crippen LogP contribution in [0.15, 0.2) is 41.8 Å². The van der Waals surface area contributed by atoms with Crippen LogP contribution in [0.2, 0.25) is 5.02 Å². The number of nitrogens with zero attached hydrogens (tertiary/aromatic N) is 1. The third-order valence-electron chi connectivity index (χ3n) is 4.15. The number of hydrogen-bond donors (Lipinski definition) is 0. The highest BCUT2D eigenvalue weighted by Crippen LogP contribution is 2.46.